The molecular weight excluding hydrogens is 446 g/mol. The minimum Gasteiger partial charge on any atom is -0.480 e. The number of aliphatic hydroxyl groups is 1. The van der Waals surface area contributed by atoms with E-state index in [1.807, 2.05) is 0 Å². The number of aromatic amines is 1. The Labute approximate surface area is 197 Å². The number of carbonyl (C=O) groups is 4. The maximum Gasteiger partial charge on any atom is 0.326 e. The number of carboxylic acids is 1. The highest BCUT2D eigenvalue weighted by Crippen LogP contribution is 2.20. The Morgan fingerprint density at radius 1 is 1.26 bits per heavy atom. The molecule has 1 aromatic rings. The summed E-state index contributed by atoms with van der Waals surface area (Å²) in [6.07, 6.45) is 4.20. The Balaban J connectivity index is 2.11. The molecule has 9 N–H and O–H groups in total. The van der Waals surface area contributed by atoms with Crippen LogP contribution in [0.1, 0.15) is 44.7 Å². The standard InChI is InChI=1S/C21H35N7O6/c1-12(29)17(23)19(31)26-14(5-2-3-7-22)20(32)28-8-4-6-16(28)18(30)27-15(21(33)34)9-13-10-24-11-25-13/h10-12,14-17,29H,2-9,22-23H2,1H3,(H,24,25)(H,26,31)(H,27,30)(H,33,34). The predicted octanol–water partition coefficient (Wildman–Crippen LogP) is -2.17. The van der Waals surface area contributed by atoms with Gasteiger partial charge in [0.25, 0.3) is 0 Å². The van der Waals surface area contributed by atoms with Gasteiger partial charge in [0.15, 0.2) is 0 Å². The summed E-state index contributed by atoms with van der Waals surface area (Å²) in [4.78, 5) is 58.3. The summed E-state index contributed by atoms with van der Waals surface area (Å²) in [5.41, 5.74) is 11.8. The third-order valence-electron chi connectivity index (χ3n) is 5.82. The molecule has 13 heteroatoms. The van der Waals surface area contributed by atoms with Crippen LogP contribution in [0.25, 0.3) is 0 Å². The largest absolute Gasteiger partial charge is 0.480 e. The number of aliphatic carboxylic acids is 1. The monoisotopic (exact) mass is 481 g/mol. The fourth-order valence-corrected chi connectivity index (χ4v) is 3.82. The van der Waals surface area contributed by atoms with Crippen LogP contribution >= 0.6 is 0 Å². The van der Waals surface area contributed by atoms with Gasteiger partial charge in [0.2, 0.25) is 17.7 Å². The molecule has 1 aromatic heterocycles. The van der Waals surface area contributed by atoms with Crippen molar-refractivity contribution < 1.29 is 29.4 Å². The van der Waals surface area contributed by atoms with E-state index in [1.165, 1.54) is 24.3 Å². The fourth-order valence-electron chi connectivity index (χ4n) is 3.82. The summed E-state index contributed by atoms with van der Waals surface area (Å²) in [7, 11) is 0. The zero-order valence-corrected chi connectivity index (χ0v) is 19.3. The van der Waals surface area contributed by atoms with Gasteiger partial charge < -0.3 is 42.2 Å². The van der Waals surface area contributed by atoms with Crippen molar-refractivity contribution >= 4 is 23.7 Å². The van der Waals surface area contributed by atoms with Gasteiger partial charge in [0.1, 0.15) is 24.2 Å². The number of likely N-dealkylation sites (tertiary alicyclic amines) is 1. The highest BCUT2D eigenvalue weighted by atomic mass is 16.4. The Morgan fingerprint density at radius 2 is 2.00 bits per heavy atom. The molecule has 0 radical (unpaired) electrons. The average Bonchev–Trinajstić information content (AvgIpc) is 3.48. The van der Waals surface area contributed by atoms with E-state index >= 15 is 0 Å². The topological polar surface area (TPSA) is 217 Å². The number of imidazole rings is 1. The molecule has 0 bridgehead atoms. The van der Waals surface area contributed by atoms with E-state index in [0.29, 0.717) is 44.5 Å². The summed E-state index contributed by atoms with van der Waals surface area (Å²) in [6.45, 7) is 2.09. The van der Waals surface area contributed by atoms with Crippen molar-refractivity contribution in [1.29, 1.82) is 0 Å². The quantitative estimate of drug-likeness (QED) is 0.152. The molecule has 1 fully saturated rings. The number of nitrogens with zero attached hydrogens (tertiary/aromatic N) is 2. The summed E-state index contributed by atoms with van der Waals surface area (Å²) in [6, 6.07) is -4.22. The molecule has 5 atom stereocenters. The van der Waals surface area contributed by atoms with Crippen molar-refractivity contribution in [2.75, 3.05) is 13.1 Å². The lowest BCUT2D eigenvalue weighted by Gasteiger charge is -2.30. The SMILES string of the molecule is CC(O)C(N)C(=O)NC(CCCCN)C(=O)N1CCCC1C(=O)NC(Cc1cnc[nH]1)C(=O)O. The Morgan fingerprint density at radius 3 is 2.59 bits per heavy atom. The van der Waals surface area contributed by atoms with E-state index in [-0.39, 0.29) is 12.8 Å². The fraction of sp³-hybridized carbons (Fsp3) is 0.667. The first-order valence-electron chi connectivity index (χ1n) is 11.4. The maximum atomic E-state index is 13.3. The molecule has 0 spiro atoms. The number of hydrogen-bond donors (Lipinski definition) is 7. The lowest BCUT2D eigenvalue weighted by atomic mass is 10.1. The molecule has 1 aliphatic rings. The summed E-state index contributed by atoms with van der Waals surface area (Å²) < 4.78 is 0. The van der Waals surface area contributed by atoms with Gasteiger partial charge in [-0.05, 0) is 45.6 Å². The highest BCUT2D eigenvalue weighted by Gasteiger charge is 2.39. The molecule has 0 aromatic carbocycles. The first kappa shape index (κ1) is 27.2. The van der Waals surface area contributed by atoms with E-state index in [1.54, 1.807) is 0 Å². The minimum absolute atomic E-state index is 0.0107. The summed E-state index contributed by atoms with van der Waals surface area (Å²) in [5.74, 6) is -2.92. The molecule has 0 aliphatic carbocycles. The third kappa shape index (κ3) is 7.50. The number of aliphatic hydroxyl groups excluding tert-OH is 1. The van der Waals surface area contributed by atoms with Gasteiger partial charge in [0.05, 0.1) is 12.4 Å². The van der Waals surface area contributed by atoms with E-state index in [0.717, 1.165) is 0 Å². The van der Waals surface area contributed by atoms with Gasteiger partial charge in [-0.25, -0.2) is 9.78 Å². The number of rotatable bonds is 13. The van der Waals surface area contributed by atoms with Crippen LogP contribution in [-0.4, -0.2) is 92.1 Å². The zero-order chi connectivity index (χ0) is 25.3. The zero-order valence-electron chi connectivity index (χ0n) is 19.3. The lowest BCUT2D eigenvalue weighted by molar-refractivity contribution is -0.145. The van der Waals surface area contributed by atoms with E-state index in [4.69, 9.17) is 11.5 Å². The van der Waals surface area contributed by atoms with E-state index < -0.39 is 54.0 Å². The number of nitrogens with two attached hydrogens (primary N) is 2. The molecule has 190 valence electrons. The molecule has 34 heavy (non-hydrogen) atoms. The van der Waals surface area contributed by atoms with Crippen LogP contribution in [0.2, 0.25) is 0 Å². The van der Waals surface area contributed by atoms with Gasteiger partial charge in [-0.3, -0.25) is 14.4 Å². The van der Waals surface area contributed by atoms with Crippen LogP contribution in [-0.2, 0) is 25.6 Å². The minimum atomic E-state index is -1.21. The Hall–Kier alpha value is -3.03. The first-order valence-corrected chi connectivity index (χ1v) is 11.4. The van der Waals surface area contributed by atoms with Gasteiger partial charge in [0, 0.05) is 24.9 Å². The van der Waals surface area contributed by atoms with Crippen molar-refractivity contribution in [3.05, 3.63) is 18.2 Å². The van der Waals surface area contributed by atoms with Crippen molar-refractivity contribution in [2.45, 2.75) is 75.7 Å². The normalized spacial score (nSPS) is 19.2. The van der Waals surface area contributed by atoms with Crippen molar-refractivity contribution in [1.82, 2.24) is 25.5 Å². The second-order valence-corrected chi connectivity index (χ2v) is 8.48. The predicted molar refractivity (Wildman–Crippen MR) is 121 cm³/mol. The van der Waals surface area contributed by atoms with Gasteiger partial charge in [-0.2, -0.15) is 0 Å². The molecule has 5 unspecified atom stereocenters. The van der Waals surface area contributed by atoms with Crippen molar-refractivity contribution in [2.24, 2.45) is 11.5 Å². The molecule has 2 rings (SSSR count). The number of nitrogens with one attached hydrogen (secondary N) is 3. The molecule has 1 saturated heterocycles. The Kier molecular flexibility index (Phi) is 10.4. The number of unbranched alkanes of at least 4 members (excludes halogenated alkanes) is 1. The average molecular weight is 482 g/mol. The van der Waals surface area contributed by atoms with Crippen LogP contribution < -0.4 is 22.1 Å². The van der Waals surface area contributed by atoms with Crippen molar-refractivity contribution in [3.63, 3.8) is 0 Å². The molecular formula is C21H35N7O6. The van der Waals surface area contributed by atoms with Gasteiger partial charge in [-0.1, -0.05) is 0 Å². The number of carboxylic acid groups (broad SMARTS) is 1. The van der Waals surface area contributed by atoms with Gasteiger partial charge in [-0.15, -0.1) is 0 Å². The van der Waals surface area contributed by atoms with Crippen LogP contribution in [0.5, 0.6) is 0 Å². The van der Waals surface area contributed by atoms with E-state index in [9.17, 15) is 29.4 Å². The molecule has 1 aliphatic heterocycles. The third-order valence-corrected chi connectivity index (χ3v) is 5.82. The maximum absolute atomic E-state index is 13.3. The second-order valence-electron chi connectivity index (χ2n) is 8.48. The molecule has 0 saturated carbocycles. The van der Waals surface area contributed by atoms with Crippen LogP contribution in [0.15, 0.2) is 12.5 Å². The Bertz CT molecular complexity index is 832. The number of amides is 3. The van der Waals surface area contributed by atoms with Crippen LogP contribution in [0.4, 0.5) is 0 Å². The van der Waals surface area contributed by atoms with Crippen molar-refractivity contribution in [3.8, 4) is 0 Å². The first-order chi connectivity index (χ1) is 16.1. The summed E-state index contributed by atoms with van der Waals surface area (Å²) in [5, 5.41) is 24.2. The number of carbonyl (C=O) groups excluding carboxylic acids is 3. The molecule has 2 heterocycles. The smallest absolute Gasteiger partial charge is 0.326 e. The van der Waals surface area contributed by atoms with Crippen LogP contribution in [0.3, 0.4) is 0 Å². The molecule has 13 nitrogen and oxygen atoms in total. The number of H-pyrrole nitrogens is 1. The van der Waals surface area contributed by atoms with Gasteiger partial charge >= 0.3 is 5.97 Å². The highest BCUT2D eigenvalue weighted by molar-refractivity contribution is 5.94. The number of hydrogen-bond acceptors (Lipinski definition) is 8. The molecule has 3 amide bonds. The van der Waals surface area contributed by atoms with Crippen LogP contribution in [0, 0.1) is 0 Å². The number of aromatic nitrogens is 2. The van der Waals surface area contributed by atoms with E-state index in [2.05, 4.69) is 20.6 Å². The lowest BCUT2D eigenvalue weighted by Crippen LogP contribution is -2.58. The second kappa shape index (κ2) is 13.0. The summed E-state index contributed by atoms with van der Waals surface area (Å²) >= 11 is 0.